The number of H-pyrrole nitrogens is 1. The van der Waals surface area contributed by atoms with Crippen LogP contribution in [0, 0.1) is 18.7 Å². The molecule has 2 unspecified atom stereocenters. The zero-order chi connectivity index (χ0) is 28.6. The summed E-state index contributed by atoms with van der Waals surface area (Å²) in [4.78, 5) is 22.9. The lowest BCUT2D eigenvalue weighted by molar-refractivity contribution is -0.149. The third kappa shape index (κ3) is 5.34. The highest BCUT2D eigenvalue weighted by atomic mass is 19.1. The second-order valence-corrected chi connectivity index (χ2v) is 10.7. The number of amides is 1. The molecule has 4 N–H and O–H groups in total. The van der Waals surface area contributed by atoms with Crippen LogP contribution in [-0.4, -0.2) is 61.5 Å². The van der Waals surface area contributed by atoms with Crippen LogP contribution in [0.3, 0.4) is 0 Å². The van der Waals surface area contributed by atoms with Crippen molar-refractivity contribution in [2.45, 2.75) is 63.3 Å². The zero-order valence-electron chi connectivity index (χ0n) is 23.0. The van der Waals surface area contributed by atoms with Crippen molar-refractivity contribution in [2.24, 2.45) is 21.2 Å². The van der Waals surface area contributed by atoms with Gasteiger partial charge in [0.15, 0.2) is 17.5 Å². The average Bonchev–Trinajstić information content (AvgIpc) is 3.74. The van der Waals surface area contributed by atoms with E-state index < -0.39 is 11.4 Å². The van der Waals surface area contributed by atoms with Crippen LogP contribution < -0.4 is 16.1 Å². The van der Waals surface area contributed by atoms with Crippen LogP contribution in [0.2, 0.25) is 0 Å². The molecule has 2 aliphatic heterocycles. The Morgan fingerprint density at radius 3 is 2.76 bits per heavy atom. The van der Waals surface area contributed by atoms with Gasteiger partial charge in [-0.15, -0.1) is 0 Å². The number of hydrogen-bond donors (Lipinski definition) is 4. The first-order chi connectivity index (χ1) is 19.8. The molecular weight excluding hydrogens is 529 g/mol. The van der Waals surface area contributed by atoms with Gasteiger partial charge in [-0.25, -0.2) is 14.1 Å². The summed E-state index contributed by atoms with van der Waals surface area (Å²) in [5, 5.41) is 25.9. The third-order valence-electron chi connectivity index (χ3n) is 8.08. The number of halogens is 1. The molecule has 1 fully saturated rings. The second kappa shape index (κ2) is 10.8. The molecular formula is C27H32FN11O2. The van der Waals surface area contributed by atoms with Crippen molar-refractivity contribution in [3.8, 4) is 5.82 Å². The Kier molecular flexibility index (Phi) is 7.07. The maximum atomic E-state index is 13.5. The number of carbonyl (C=O) groups is 1. The molecule has 1 saturated carbocycles. The number of methoxy groups -OCH3 is 1. The number of ether oxygens (including phenoxy) is 1. The number of nitrogens with one attached hydrogen (secondary N) is 4. The SMILES string of the molecule is CO[C@]1(C(=O)N[C@@H](C)c2ccc(-n3cc(F)cn3)nc2)CC[C@H](C2N=C(Nc3cc(C)[nH]n3)C=C3NN=NC32)CC1. The van der Waals surface area contributed by atoms with Crippen LogP contribution in [0.25, 0.3) is 5.82 Å². The van der Waals surface area contributed by atoms with E-state index in [-0.39, 0.29) is 30.0 Å². The predicted octanol–water partition coefficient (Wildman–Crippen LogP) is 3.31. The molecule has 0 bridgehead atoms. The van der Waals surface area contributed by atoms with Gasteiger partial charge in [-0.05, 0) is 57.1 Å². The molecule has 3 aromatic rings. The van der Waals surface area contributed by atoms with Gasteiger partial charge in [-0.3, -0.25) is 20.3 Å². The number of pyridine rings is 1. The number of fused-ring (bicyclic) bond motifs is 1. The van der Waals surface area contributed by atoms with E-state index in [1.807, 2.05) is 32.1 Å². The van der Waals surface area contributed by atoms with Crippen molar-refractivity contribution in [3.05, 3.63) is 65.6 Å². The molecule has 0 aromatic carbocycles. The van der Waals surface area contributed by atoms with E-state index in [4.69, 9.17) is 9.73 Å². The molecule has 214 valence electrons. The van der Waals surface area contributed by atoms with Crippen LogP contribution in [-0.2, 0) is 9.53 Å². The number of amidine groups is 1. The maximum Gasteiger partial charge on any atom is 0.252 e. The third-order valence-corrected chi connectivity index (χ3v) is 8.08. The monoisotopic (exact) mass is 561 g/mol. The Balaban J connectivity index is 1.10. The van der Waals surface area contributed by atoms with Gasteiger partial charge < -0.3 is 15.4 Å². The minimum atomic E-state index is -0.940. The van der Waals surface area contributed by atoms with Gasteiger partial charge in [-0.2, -0.15) is 15.3 Å². The summed E-state index contributed by atoms with van der Waals surface area (Å²) in [6.45, 7) is 3.84. The van der Waals surface area contributed by atoms with Crippen molar-refractivity contribution < 1.29 is 13.9 Å². The zero-order valence-corrected chi connectivity index (χ0v) is 23.0. The van der Waals surface area contributed by atoms with E-state index >= 15 is 0 Å². The number of aryl methyl sites for hydroxylation is 1. The first kappa shape index (κ1) is 26.7. The first-order valence-corrected chi connectivity index (χ1v) is 13.6. The number of dihydropyridines is 1. The first-order valence-electron chi connectivity index (χ1n) is 13.6. The van der Waals surface area contributed by atoms with Crippen LogP contribution in [0.15, 0.2) is 63.9 Å². The smallest absolute Gasteiger partial charge is 0.252 e. The number of aliphatic imine (C=N–C) groups is 1. The molecule has 0 saturated heterocycles. The van der Waals surface area contributed by atoms with Crippen LogP contribution in [0.5, 0.6) is 0 Å². The molecule has 3 aliphatic rings. The standard InChI is InChI=1S/C27H32FN11O2/c1-15-10-22(36-34-15)32-21-11-20-25(37-38-35-20)24(33-21)17-6-8-27(41-3,9-7-17)26(40)31-16(2)18-4-5-23(29-12-18)39-14-19(28)13-30-39/h4-5,10-14,16-17,24-25H,6-9H2,1-3H3,(H,31,40)(H,35,37)(H2,32,33,34,36)/t16-,17-,24?,25?,27+/m0/s1. The quantitative estimate of drug-likeness (QED) is 0.344. The van der Waals surface area contributed by atoms with E-state index in [1.165, 1.54) is 10.9 Å². The minimum Gasteiger partial charge on any atom is -0.368 e. The topological polar surface area (TPSA) is 159 Å². The minimum absolute atomic E-state index is 0.124. The fraction of sp³-hybridized carbons (Fsp3) is 0.444. The van der Waals surface area contributed by atoms with Gasteiger partial charge in [0.25, 0.3) is 5.91 Å². The number of nitrogens with zero attached hydrogens (tertiary/aromatic N) is 7. The summed E-state index contributed by atoms with van der Waals surface area (Å²) in [5.74, 6) is 1.47. The number of rotatable bonds is 7. The number of anilines is 1. The molecule has 3 atom stereocenters. The largest absolute Gasteiger partial charge is 0.368 e. The molecule has 1 aliphatic carbocycles. The Bertz CT molecular complexity index is 1500. The Hall–Kier alpha value is -4.46. The normalized spacial score (nSPS) is 26.0. The summed E-state index contributed by atoms with van der Waals surface area (Å²) in [6, 6.07) is 4.89. The van der Waals surface area contributed by atoms with Gasteiger partial charge in [0.05, 0.1) is 30.2 Å². The Labute approximate surface area is 235 Å². The van der Waals surface area contributed by atoms with Gasteiger partial charge in [-0.1, -0.05) is 11.3 Å². The van der Waals surface area contributed by atoms with E-state index in [1.54, 1.807) is 19.4 Å². The summed E-state index contributed by atoms with van der Waals surface area (Å²) >= 11 is 0. The number of carbonyl (C=O) groups excluding carboxylic acids is 1. The van der Waals surface area contributed by atoms with Crippen LogP contribution >= 0.6 is 0 Å². The highest BCUT2D eigenvalue weighted by Gasteiger charge is 2.46. The maximum absolute atomic E-state index is 13.5. The van der Waals surface area contributed by atoms with Crippen molar-refractivity contribution in [3.63, 3.8) is 0 Å². The molecule has 6 rings (SSSR count). The number of aromatic amines is 1. The summed E-state index contributed by atoms with van der Waals surface area (Å²) < 4.78 is 20.5. The fourth-order valence-corrected chi connectivity index (χ4v) is 5.71. The average molecular weight is 562 g/mol. The summed E-state index contributed by atoms with van der Waals surface area (Å²) in [5.41, 5.74) is 4.72. The van der Waals surface area contributed by atoms with Crippen molar-refractivity contribution in [1.82, 2.24) is 35.7 Å². The molecule has 14 heteroatoms. The van der Waals surface area contributed by atoms with E-state index in [9.17, 15) is 9.18 Å². The lowest BCUT2D eigenvalue weighted by Crippen LogP contribution is -2.52. The highest BCUT2D eigenvalue weighted by molar-refractivity contribution is 6.04. The Morgan fingerprint density at radius 1 is 1.27 bits per heavy atom. The number of hydrogen-bond acceptors (Lipinski definition) is 10. The van der Waals surface area contributed by atoms with Crippen molar-refractivity contribution in [2.75, 3.05) is 12.4 Å². The molecule has 13 nitrogen and oxygen atoms in total. The summed E-state index contributed by atoms with van der Waals surface area (Å²) in [7, 11) is 1.59. The van der Waals surface area contributed by atoms with E-state index in [0.29, 0.717) is 30.3 Å². The molecule has 41 heavy (non-hydrogen) atoms. The highest BCUT2D eigenvalue weighted by Crippen LogP contribution is 2.40. The lowest BCUT2D eigenvalue weighted by Gasteiger charge is -2.41. The Morgan fingerprint density at radius 2 is 2.10 bits per heavy atom. The van der Waals surface area contributed by atoms with E-state index in [0.717, 1.165) is 36.0 Å². The van der Waals surface area contributed by atoms with Gasteiger partial charge in [0.2, 0.25) is 0 Å². The number of aromatic nitrogens is 5. The fourth-order valence-electron chi connectivity index (χ4n) is 5.71. The van der Waals surface area contributed by atoms with Gasteiger partial charge >= 0.3 is 0 Å². The van der Waals surface area contributed by atoms with E-state index in [2.05, 4.69) is 46.7 Å². The molecule has 3 aromatic heterocycles. The van der Waals surface area contributed by atoms with Crippen molar-refractivity contribution >= 4 is 17.6 Å². The predicted molar refractivity (Wildman–Crippen MR) is 148 cm³/mol. The summed E-state index contributed by atoms with van der Waals surface area (Å²) in [6.07, 6.45) is 8.55. The lowest BCUT2D eigenvalue weighted by atomic mass is 9.73. The van der Waals surface area contributed by atoms with Crippen LogP contribution in [0.4, 0.5) is 10.2 Å². The molecule has 0 spiro atoms. The van der Waals surface area contributed by atoms with Gasteiger partial charge in [0.1, 0.15) is 17.5 Å². The molecule has 5 heterocycles. The van der Waals surface area contributed by atoms with Gasteiger partial charge in [0, 0.05) is 31.1 Å². The second-order valence-electron chi connectivity index (χ2n) is 10.7. The van der Waals surface area contributed by atoms with Crippen molar-refractivity contribution in [1.29, 1.82) is 0 Å². The molecule has 0 radical (unpaired) electrons. The molecule has 1 amide bonds. The van der Waals surface area contributed by atoms with Crippen LogP contribution in [0.1, 0.15) is 49.9 Å².